The van der Waals surface area contributed by atoms with Crippen molar-refractivity contribution in [2.24, 2.45) is 0 Å². The molecule has 2 aromatic carbocycles. The van der Waals surface area contributed by atoms with Gasteiger partial charge < -0.3 is 4.74 Å². The zero-order valence-electron chi connectivity index (χ0n) is 20.2. The molecular formula is C24H21F7N4O3. The van der Waals surface area contributed by atoms with Gasteiger partial charge in [-0.15, -0.1) is 0 Å². The second kappa shape index (κ2) is 10.4. The molecule has 0 saturated carbocycles. The second-order valence-electron chi connectivity index (χ2n) is 8.23. The van der Waals surface area contributed by atoms with Crippen molar-refractivity contribution in [3.8, 4) is 5.69 Å². The second-order valence-corrected chi connectivity index (χ2v) is 8.23. The molecule has 1 heterocycles. The highest BCUT2D eigenvalue weighted by atomic mass is 19.4. The molecule has 0 atom stereocenters. The van der Waals surface area contributed by atoms with E-state index in [4.69, 9.17) is 0 Å². The molecule has 0 fully saturated rings. The lowest BCUT2D eigenvalue weighted by atomic mass is 9.86. The Morgan fingerprint density at radius 3 is 2.21 bits per heavy atom. The van der Waals surface area contributed by atoms with E-state index in [1.54, 1.807) is 0 Å². The molecule has 38 heavy (non-hydrogen) atoms. The van der Waals surface area contributed by atoms with Crippen molar-refractivity contribution < 1.29 is 45.1 Å². The standard InChI is InChI=1S/C24H21F7N4O3/c1-4-14-8-16(22(25,23(26,27)28)24(29,30)31)7-13(2)17(14)10-20(36)15-5-6-19(35-12-32-11-33-35)18(9-15)34-21(37)38-3/h5-9,11-12H,4,10H2,1-3H3,(H,34,37). The summed E-state index contributed by atoms with van der Waals surface area (Å²) in [5, 5.41) is 6.39. The fourth-order valence-corrected chi connectivity index (χ4v) is 3.91. The van der Waals surface area contributed by atoms with E-state index in [9.17, 15) is 40.3 Å². The molecule has 1 N–H and O–H groups in total. The summed E-state index contributed by atoms with van der Waals surface area (Å²) in [5.74, 6) is -0.563. The minimum atomic E-state index is -6.26. The van der Waals surface area contributed by atoms with Gasteiger partial charge in [-0.2, -0.15) is 31.4 Å². The van der Waals surface area contributed by atoms with E-state index in [1.165, 1.54) is 49.4 Å². The lowest BCUT2D eigenvalue weighted by molar-refractivity contribution is -0.348. The number of methoxy groups -OCH3 is 1. The summed E-state index contributed by atoms with van der Waals surface area (Å²) in [6.45, 7) is 2.66. The molecule has 0 radical (unpaired) electrons. The van der Waals surface area contributed by atoms with Gasteiger partial charge in [-0.1, -0.05) is 19.1 Å². The van der Waals surface area contributed by atoms with Crippen LogP contribution in [-0.4, -0.2) is 46.1 Å². The van der Waals surface area contributed by atoms with Gasteiger partial charge in [-0.05, 0) is 48.2 Å². The molecule has 3 aromatic rings. The number of aromatic nitrogens is 3. The molecular weight excluding hydrogens is 525 g/mol. The first-order valence-electron chi connectivity index (χ1n) is 11.0. The van der Waals surface area contributed by atoms with Gasteiger partial charge in [0.1, 0.15) is 12.7 Å². The van der Waals surface area contributed by atoms with Gasteiger partial charge in [0.05, 0.1) is 18.5 Å². The van der Waals surface area contributed by atoms with Gasteiger partial charge in [0, 0.05) is 17.5 Å². The maximum absolute atomic E-state index is 14.7. The first-order valence-corrected chi connectivity index (χ1v) is 11.0. The third-order valence-electron chi connectivity index (χ3n) is 5.87. The number of aryl methyl sites for hydroxylation is 2. The van der Waals surface area contributed by atoms with Gasteiger partial charge >= 0.3 is 24.1 Å². The fraction of sp³-hybridized carbons (Fsp3) is 0.333. The van der Waals surface area contributed by atoms with Gasteiger partial charge in [-0.25, -0.2) is 18.9 Å². The van der Waals surface area contributed by atoms with E-state index in [1.807, 2.05) is 0 Å². The normalized spacial score (nSPS) is 12.4. The molecule has 204 valence electrons. The van der Waals surface area contributed by atoms with Crippen LogP contribution in [0.5, 0.6) is 0 Å². The summed E-state index contributed by atoms with van der Waals surface area (Å²) < 4.78 is 100. The smallest absolute Gasteiger partial charge is 0.435 e. The van der Waals surface area contributed by atoms with E-state index in [0.717, 1.165) is 7.11 Å². The van der Waals surface area contributed by atoms with Gasteiger partial charge in [0.15, 0.2) is 5.78 Å². The SMILES string of the molecule is CCc1cc(C(F)(C(F)(F)F)C(F)(F)F)cc(C)c1CC(=O)c1ccc(-n2cncn2)c(NC(=O)OC)c1. The first kappa shape index (κ1) is 28.6. The maximum atomic E-state index is 14.7. The van der Waals surface area contributed by atoms with Crippen molar-refractivity contribution in [1.29, 1.82) is 0 Å². The van der Waals surface area contributed by atoms with E-state index in [-0.39, 0.29) is 34.4 Å². The average Bonchev–Trinajstić information content (AvgIpc) is 3.37. The Hall–Kier alpha value is -3.97. The summed E-state index contributed by atoms with van der Waals surface area (Å²) in [4.78, 5) is 28.7. The molecule has 3 rings (SSSR count). The number of rotatable bonds is 7. The number of ketones is 1. The van der Waals surface area contributed by atoms with Crippen molar-refractivity contribution in [3.05, 3.63) is 70.8 Å². The molecule has 0 saturated heterocycles. The van der Waals surface area contributed by atoms with Crippen LogP contribution in [0.15, 0.2) is 43.0 Å². The number of amides is 1. The topological polar surface area (TPSA) is 86.1 Å². The summed E-state index contributed by atoms with van der Waals surface area (Å²) in [6.07, 6.45) is -11.3. The fourth-order valence-electron chi connectivity index (χ4n) is 3.91. The highest BCUT2D eigenvalue weighted by Crippen LogP contribution is 2.53. The molecule has 0 aliphatic heterocycles. The molecule has 0 spiro atoms. The lowest BCUT2D eigenvalue weighted by Crippen LogP contribution is -2.50. The van der Waals surface area contributed by atoms with E-state index in [0.29, 0.717) is 17.8 Å². The molecule has 7 nitrogen and oxygen atoms in total. The summed E-state index contributed by atoms with van der Waals surface area (Å²) in [7, 11) is 1.13. The number of ether oxygens (including phenoxy) is 1. The monoisotopic (exact) mass is 546 g/mol. The molecule has 0 aliphatic carbocycles. The molecule has 1 amide bonds. The van der Waals surface area contributed by atoms with E-state index >= 15 is 0 Å². The summed E-state index contributed by atoms with van der Waals surface area (Å²) >= 11 is 0. The van der Waals surface area contributed by atoms with Crippen LogP contribution in [-0.2, 0) is 23.2 Å². The van der Waals surface area contributed by atoms with E-state index < -0.39 is 41.9 Å². The van der Waals surface area contributed by atoms with Crippen molar-refractivity contribution in [2.45, 2.75) is 44.7 Å². The Bertz CT molecular complexity index is 1320. The van der Waals surface area contributed by atoms with Crippen LogP contribution in [0.25, 0.3) is 5.69 Å². The molecule has 14 heteroatoms. The minimum absolute atomic E-state index is 0.0454. The van der Waals surface area contributed by atoms with Crippen molar-refractivity contribution >= 4 is 17.6 Å². The third kappa shape index (κ3) is 5.34. The number of anilines is 1. The van der Waals surface area contributed by atoms with Gasteiger partial charge in [0.25, 0.3) is 0 Å². The Morgan fingerprint density at radius 1 is 1.03 bits per heavy atom. The number of carbonyl (C=O) groups excluding carboxylic acids is 2. The number of hydrogen-bond acceptors (Lipinski definition) is 5. The Morgan fingerprint density at radius 2 is 1.68 bits per heavy atom. The number of nitrogens with zero attached hydrogens (tertiary/aromatic N) is 3. The van der Waals surface area contributed by atoms with Gasteiger partial charge in [0.2, 0.25) is 0 Å². The van der Waals surface area contributed by atoms with Crippen LogP contribution in [0.1, 0.15) is 39.5 Å². The van der Waals surface area contributed by atoms with Crippen LogP contribution in [0.3, 0.4) is 0 Å². The summed E-state index contributed by atoms with van der Waals surface area (Å²) in [6, 6.07) is 5.12. The highest BCUT2D eigenvalue weighted by Gasteiger charge is 2.73. The van der Waals surface area contributed by atoms with Crippen LogP contribution in [0.4, 0.5) is 41.2 Å². The first-order chi connectivity index (χ1) is 17.6. The maximum Gasteiger partial charge on any atom is 0.435 e. The average molecular weight is 546 g/mol. The number of hydrogen-bond donors (Lipinski definition) is 1. The Balaban J connectivity index is 2.03. The summed E-state index contributed by atoms with van der Waals surface area (Å²) in [5.41, 5.74) is -6.67. The van der Waals surface area contributed by atoms with Crippen molar-refractivity contribution in [1.82, 2.24) is 14.8 Å². The number of carbonyl (C=O) groups is 2. The predicted molar refractivity (Wildman–Crippen MR) is 121 cm³/mol. The van der Waals surface area contributed by atoms with Crippen LogP contribution in [0, 0.1) is 6.92 Å². The Labute approximate surface area is 211 Å². The number of alkyl halides is 7. The quantitative estimate of drug-likeness (QED) is 0.289. The number of benzene rings is 2. The van der Waals surface area contributed by atoms with Crippen LogP contribution in [0.2, 0.25) is 0 Å². The number of Topliss-reactive ketones (excluding diaryl/α,β-unsaturated/α-hetero) is 1. The predicted octanol–water partition coefficient (Wildman–Crippen LogP) is 6.03. The molecule has 0 bridgehead atoms. The molecule has 0 aliphatic rings. The zero-order chi connectivity index (χ0) is 28.5. The number of nitrogens with one attached hydrogen (secondary N) is 1. The van der Waals surface area contributed by atoms with Crippen LogP contribution < -0.4 is 5.32 Å². The largest absolute Gasteiger partial charge is 0.453 e. The molecule has 1 aromatic heterocycles. The molecule has 0 unspecified atom stereocenters. The van der Waals surface area contributed by atoms with E-state index in [2.05, 4.69) is 20.1 Å². The Kier molecular flexibility index (Phi) is 7.84. The van der Waals surface area contributed by atoms with Gasteiger partial charge in [-0.3, -0.25) is 10.1 Å². The van der Waals surface area contributed by atoms with Crippen molar-refractivity contribution in [2.75, 3.05) is 12.4 Å². The highest BCUT2D eigenvalue weighted by molar-refractivity contribution is 6.00. The third-order valence-corrected chi connectivity index (χ3v) is 5.87. The number of halogens is 7. The van der Waals surface area contributed by atoms with Crippen LogP contribution >= 0.6 is 0 Å². The lowest BCUT2D eigenvalue weighted by Gasteiger charge is -2.31. The zero-order valence-corrected chi connectivity index (χ0v) is 20.2. The minimum Gasteiger partial charge on any atom is -0.453 e. The van der Waals surface area contributed by atoms with Crippen molar-refractivity contribution in [3.63, 3.8) is 0 Å².